The molecule has 2 rings (SSSR count). The molecule has 0 spiro atoms. The van der Waals surface area contributed by atoms with Crippen LogP contribution in [0.5, 0.6) is 11.5 Å². The lowest BCUT2D eigenvalue weighted by molar-refractivity contribution is 0.0729. The van der Waals surface area contributed by atoms with Crippen molar-refractivity contribution < 1.29 is 23.5 Å². The number of halogens is 1. The number of nitrogens with zero attached hydrogens (tertiary/aromatic N) is 1. The third kappa shape index (κ3) is 4.54. The lowest BCUT2D eigenvalue weighted by atomic mass is 10.2. The fraction of sp³-hybridized carbons (Fsp3) is 0.176. The van der Waals surface area contributed by atoms with E-state index in [2.05, 4.69) is 5.16 Å². The second kappa shape index (κ2) is 7.93. The van der Waals surface area contributed by atoms with E-state index in [1.54, 1.807) is 18.2 Å². The summed E-state index contributed by atoms with van der Waals surface area (Å²) in [7, 11) is 1.47. The number of hydrogen-bond donors (Lipinski definition) is 0. The fourth-order valence-corrected chi connectivity index (χ4v) is 1.77. The Kier molecular flexibility index (Phi) is 5.68. The smallest absolute Gasteiger partial charge is 0.343 e. The second-order valence-electron chi connectivity index (χ2n) is 4.46. The number of rotatable bonds is 6. The molecule has 0 atom stereocenters. The van der Waals surface area contributed by atoms with E-state index in [-0.39, 0.29) is 11.3 Å². The first-order valence-corrected chi connectivity index (χ1v) is 6.95. The third-order valence-electron chi connectivity index (χ3n) is 2.88. The summed E-state index contributed by atoms with van der Waals surface area (Å²) in [5, 5.41) is 3.76. The number of ether oxygens (including phenoxy) is 2. The summed E-state index contributed by atoms with van der Waals surface area (Å²) in [6.07, 6.45) is 1.53. The molecule has 0 radical (unpaired) electrons. The molecule has 120 valence electrons. The molecule has 0 unspecified atom stereocenters. The predicted octanol–water partition coefficient (Wildman–Crippen LogP) is 3.42. The van der Waals surface area contributed by atoms with Crippen molar-refractivity contribution in [3.63, 3.8) is 0 Å². The van der Waals surface area contributed by atoms with Gasteiger partial charge in [-0.1, -0.05) is 5.16 Å². The van der Waals surface area contributed by atoms with E-state index in [0.29, 0.717) is 12.4 Å². The number of methoxy groups -OCH3 is 1. The van der Waals surface area contributed by atoms with Crippen LogP contribution in [0.2, 0.25) is 0 Å². The van der Waals surface area contributed by atoms with Crippen LogP contribution in [0.3, 0.4) is 0 Å². The Labute approximate surface area is 133 Å². The number of carbonyl (C=O) groups excluding carboxylic acids is 1. The highest BCUT2D eigenvalue weighted by atomic mass is 19.1. The monoisotopic (exact) mass is 317 g/mol. The Hall–Kier alpha value is -2.89. The van der Waals surface area contributed by atoms with Gasteiger partial charge in [0.2, 0.25) is 0 Å². The molecule has 0 aliphatic carbocycles. The molecule has 6 heteroatoms. The number of benzene rings is 2. The average molecular weight is 317 g/mol. The Morgan fingerprint density at radius 2 is 1.91 bits per heavy atom. The SMILES string of the molecule is CCO/N=C/c1ccc(OC(=O)c2ccc(F)cc2)c(OC)c1. The molecule has 0 aromatic heterocycles. The van der Waals surface area contributed by atoms with Crippen molar-refractivity contribution in [3.05, 3.63) is 59.4 Å². The Morgan fingerprint density at radius 1 is 1.17 bits per heavy atom. The van der Waals surface area contributed by atoms with Crippen molar-refractivity contribution in [1.82, 2.24) is 0 Å². The third-order valence-corrected chi connectivity index (χ3v) is 2.88. The summed E-state index contributed by atoms with van der Waals surface area (Å²) in [6.45, 7) is 2.30. The molecule has 0 aliphatic heterocycles. The van der Waals surface area contributed by atoms with Crippen molar-refractivity contribution >= 4 is 12.2 Å². The summed E-state index contributed by atoms with van der Waals surface area (Å²) in [4.78, 5) is 16.9. The molecule has 0 heterocycles. The second-order valence-corrected chi connectivity index (χ2v) is 4.46. The van der Waals surface area contributed by atoms with Crippen molar-refractivity contribution in [1.29, 1.82) is 0 Å². The molecule has 0 aliphatic rings. The van der Waals surface area contributed by atoms with Crippen molar-refractivity contribution in [3.8, 4) is 11.5 Å². The normalized spacial score (nSPS) is 10.6. The van der Waals surface area contributed by atoms with Gasteiger partial charge in [-0.15, -0.1) is 0 Å². The summed E-state index contributed by atoms with van der Waals surface area (Å²) in [5.41, 5.74) is 0.979. The summed E-state index contributed by atoms with van der Waals surface area (Å²) in [6, 6.07) is 10.1. The maximum atomic E-state index is 12.9. The minimum atomic E-state index is -0.598. The predicted molar refractivity (Wildman–Crippen MR) is 83.6 cm³/mol. The maximum absolute atomic E-state index is 12.9. The number of esters is 1. The highest BCUT2D eigenvalue weighted by Gasteiger charge is 2.12. The van der Waals surface area contributed by atoms with Crippen molar-refractivity contribution in [2.24, 2.45) is 5.16 Å². The topological polar surface area (TPSA) is 57.1 Å². The van der Waals surface area contributed by atoms with Gasteiger partial charge in [0.25, 0.3) is 0 Å². The van der Waals surface area contributed by atoms with E-state index in [1.165, 1.54) is 37.6 Å². The number of carbonyl (C=O) groups is 1. The molecule has 0 fully saturated rings. The van der Waals surface area contributed by atoms with Gasteiger partial charge in [-0.25, -0.2) is 9.18 Å². The van der Waals surface area contributed by atoms with E-state index >= 15 is 0 Å². The molecule has 0 bridgehead atoms. The van der Waals surface area contributed by atoms with Gasteiger partial charge in [0, 0.05) is 5.56 Å². The fourth-order valence-electron chi connectivity index (χ4n) is 1.77. The van der Waals surface area contributed by atoms with Crippen LogP contribution in [0.4, 0.5) is 4.39 Å². The van der Waals surface area contributed by atoms with Crippen LogP contribution in [0, 0.1) is 5.82 Å². The average Bonchev–Trinajstić information content (AvgIpc) is 2.56. The Balaban J connectivity index is 2.15. The summed E-state index contributed by atoms with van der Waals surface area (Å²) in [5.74, 6) is -0.382. The minimum absolute atomic E-state index is 0.246. The van der Waals surface area contributed by atoms with Gasteiger partial charge in [-0.3, -0.25) is 0 Å². The Bertz CT molecular complexity index is 698. The molecule has 0 saturated carbocycles. The van der Waals surface area contributed by atoms with E-state index in [0.717, 1.165) is 5.56 Å². The highest BCUT2D eigenvalue weighted by molar-refractivity contribution is 5.91. The number of oxime groups is 1. The molecule has 2 aromatic carbocycles. The lowest BCUT2D eigenvalue weighted by Crippen LogP contribution is -2.09. The zero-order valence-corrected chi connectivity index (χ0v) is 12.8. The molecular weight excluding hydrogens is 301 g/mol. The van der Waals surface area contributed by atoms with E-state index in [4.69, 9.17) is 14.3 Å². The molecular formula is C17H16FNO4. The molecule has 2 aromatic rings. The number of hydrogen-bond acceptors (Lipinski definition) is 5. The van der Waals surface area contributed by atoms with Crippen LogP contribution in [-0.4, -0.2) is 25.9 Å². The van der Waals surface area contributed by atoms with Crippen LogP contribution in [-0.2, 0) is 4.84 Å². The first-order chi connectivity index (χ1) is 11.1. The molecule has 5 nitrogen and oxygen atoms in total. The molecule has 0 saturated heterocycles. The quantitative estimate of drug-likeness (QED) is 0.354. The maximum Gasteiger partial charge on any atom is 0.343 e. The van der Waals surface area contributed by atoms with Gasteiger partial charge in [-0.2, -0.15) is 0 Å². The largest absolute Gasteiger partial charge is 0.493 e. The molecule has 0 N–H and O–H groups in total. The molecule has 23 heavy (non-hydrogen) atoms. The first kappa shape index (κ1) is 16.5. The Morgan fingerprint density at radius 3 is 2.57 bits per heavy atom. The van der Waals surface area contributed by atoms with E-state index in [1.807, 2.05) is 6.92 Å². The minimum Gasteiger partial charge on any atom is -0.493 e. The van der Waals surface area contributed by atoms with E-state index in [9.17, 15) is 9.18 Å². The zero-order chi connectivity index (χ0) is 16.7. The van der Waals surface area contributed by atoms with Gasteiger partial charge in [0.1, 0.15) is 12.4 Å². The zero-order valence-electron chi connectivity index (χ0n) is 12.8. The van der Waals surface area contributed by atoms with Crippen LogP contribution < -0.4 is 9.47 Å². The standard InChI is InChI=1S/C17H16FNO4/c1-3-22-19-11-12-4-9-15(16(10-12)21-2)23-17(20)13-5-7-14(18)8-6-13/h4-11H,3H2,1-2H3/b19-11+. The van der Waals surface area contributed by atoms with Gasteiger partial charge < -0.3 is 14.3 Å². The summed E-state index contributed by atoms with van der Waals surface area (Å²) < 4.78 is 23.4. The van der Waals surface area contributed by atoms with Crippen molar-refractivity contribution in [2.75, 3.05) is 13.7 Å². The van der Waals surface area contributed by atoms with Gasteiger partial charge in [0.15, 0.2) is 11.5 Å². The van der Waals surface area contributed by atoms with Crippen LogP contribution in [0.1, 0.15) is 22.8 Å². The first-order valence-electron chi connectivity index (χ1n) is 6.95. The van der Waals surface area contributed by atoms with E-state index < -0.39 is 11.8 Å². The van der Waals surface area contributed by atoms with Gasteiger partial charge in [-0.05, 0) is 49.4 Å². The van der Waals surface area contributed by atoms with Crippen LogP contribution >= 0.6 is 0 Å². The van der Waals surface area contributed by atoms with Crippen molar-refractivity contribution in [2.45, 2.75) is 6.92 Å². The lowest BCUT2D eigenvalue weighted by Gasteiger charge is -2.10. The van der Waals surface area contributed by atoms with Crippen LogP contribution in [0.25, 0.3) is 0 Å². The highest BCUT2D eigenvalue weighted by Crippen LogP contribution is 2.28. The van der Waals surface area contributed by atoms with Gasteiger partial charge >= 0.3 is 5.97 Å². The summed E-state index contributed by atoms with van der Waals surface area (Å²) >= 11 is 0. The van der Waals surface area contributed by atoms with Crippen LogP contribution in [0.15, 0.2) is 47.6 Å². The van der Waals surface area contributed by atoms with Gasteiger partial charge in [0.05, 0.1) is 18.9 Å². The molecule has 0 amide bonds.